The summed E-state index contributed by atoms with van der Waals surface area (Å²) in [6.45, 7) is 4.75. The summed E-state index contributed by atoms with van der Waals surface area (Å²) in [5.41, 5.74) is 2.19. The van der Waals surface area contributed by atoms with Gasteiger partial charge < -0.3 is 10.2 Å². The van der Waals surface area contributed by atoms with Crippen molar-refractivity contribution in [2.75, 3.05) is 4.90 Å². The van der Waals surface area contributed by atoms with E-state index in [1.807, 2.05) is 31.0 Å². The molecule has 2 saturated carbocycles. The Labute approximate surface area is 120 Å². The van der Waals surface area contributed by atoms with Crippen LogP contribution >= 0.6 is 0 Å². The summed E-state index contributed by atoms with van der Waals surface area (Å²) >= 11 is 0. The van der Waals surface area contributed by atoms with Gasteiger partial charge in [0, 0.05) is 42.5 Å². The number of rotatable bonds is 6. The van der Waals surface area contributed by atoms with Crippen LogP contribution in [0.4, 0.5) is 5.69 Å². The van der Waals surface area contributed by atoms with Crippen LogP contribution in [0.1, 0.15) is 45.1 Å². The van der Waals surface area contributed by atoms with Crippen LogP contribution in [-0.4, -0.2) is 23.0 Å². The van der Waals surface area contributed by atoms with Gasteiger partial charge in [-0.2, -0.15) is 0 Å². The molecule has 20 heavy (non-hydrogen) atoms. The molecule has 0 saturated heterocycles. The first kappa shape index (κ1) is 13.6. The van der Waals surface area contributed by atoms with Crippen LogP contribution < -0.4 is 10.2 Å². The summed E-state index contributed by atoms with van der Waals surface area (Å²) < 4.78 is 0. The summed E-state index contributed by atoms with van der Waals surface area (Å²) in [6.07, 6.45) is 8.47. The fourth-order valence-corrected chi connectivity index (χ4v) is 2.44. The van der Waals surface area contributed by atoms with Crippen LogP contribution in [0, 0.1) is 5.92 Å². The van der Waals surface area contributed by atoms with Crippen LogP contribution in [0.15, 0.2) is 18.5 Å². The molecule has 0 atom stereocenters. The highest BCUT2D eigenvalue weighted by Gasteiger charge is 2.35. The molecule has 1 aromatic heterocycles. The van der Waals surface area contributed by atoms with Crippen molar-refractivity contribution in [1.82, 2.24) is 10.3 Å². The van der Waals surface area contributed by atoms with Gasteiger partial charge in [0.2, 0.25) is 5.91 Å². The first-order valence-electron chi connectivity index (χ1n) is 7.66. The molecule has 0 spiro atoms. The first-order valence-corrected chi connectivity index (χ1v) is 7.66. The number of anilines is 1. The quantitative estimate of drug-likeness (QED) is 0.866. The van der Waals surface area contributed by atoms with E-state index in [0.717, 1.165) is 30.6 Å². The lowest BCUT2D eigenvalue weighted by molar-refractivity contribution is -0.121. The van der Waals surface area contributed by atoms with E-state index >= 15 is 0 Å². The molecule has 0 bridgehead atoms. The van der Waals surface area contributed by atoms with E-state index in [1.54, 1.807) is 6.20 Å². The lowest BCUT2D eigenvalue weighted by Crippen LogP contribution is -2.37. The number of pyridine rings is 1. The molecule has 1 heterocycles. The summed E-state index contributed by atoms with van der Waals surface area (Å²) in [7, 11) is 0. The van der Waals surface area contributed by atoms with Gasteiger partial charge in [0.1, 0.15) is 0 Å². The van der Waals surface area contributed by atoms with E-state index in [4.69, 9.17) is 0 Å². The molecule has 4 heteroatoms. The summed E-state index contributed by atoms with van der Waals surface area (Å²) in [5, 5.41) is 3.52. The van der Waals surface area contributed by atoms with Gasteiger partial charge >= 0.3 is 0 Å². The van der Waals surface area contributed by atoms with E-state index in [1.165, 1.54) is 12.8 Å². The van der Waals surface area contributed by atoms with Crippen molar-refractivity contribution >= 4 is 11.6 Å². The van der Waals surface area contributed by atoms with Gasteiger partial charge in [-0.15, -0.1) is 0 Å². The molecule has 1 aromatic rings. The summed E-state index contributed by atoms with van der Waals surface area (Å²) in [6, 6.07) is 3.05. The van der Waals surface area contributed by atoms with Crippen molar-refractivity contribution in [2.45, 2.75) is 58.2 Å². The van der Waals surface area contributed by atoms with Gasteiger partial charge in [0.25, 0.3) is 0 Å². The molecule has 0 aromatic carbocycles. The lowest BCUT2D eigenvalue weighted by Gasteiger charge is -2.26. The van der Waals surface area contributed by atoms with Crippen molar-refractivity contribution in [2.24, 2.45) is 5.92 Å². The van der Waals surface area contributed by atoms with Gasteiger partial charge in [-0.25, -0.2) is 0 Å². The molecule has 2 aliphatic rings. The maximum absolute atomic E-state index is 12.5. The van der Waals surface area contributed by atoms with E-state index in [9.17, 15) is 4.79 Å². The van der Waals surface area contributed by atoms with Gasteiger partial charge in [0.15, 0.2) is 0 Å². The standard InChI is InChI=1S/C16H23N3O/c1-11(2)16(20)19(14-5-6-14)15-7-8-17-9-12(15)10-18-13-3-4-13/h7-9,11,13-14,18H,3-6,10H2,1-2H3. The Morgan fingerprint density at radius 2 is 2.15 bits per heavy atom. The summed E-state index contributed by atoms with van der Waals surface area (Å²) in [4.78, 5) is 18.8. The zero-order valence-electron chi connectivity index (χ0n) is 12.3. The predicted octanol–water partition coefficient (Wildman–Crippen LogP) is 2.49. The average Bonchev–Trinajstić information content (AvgIpc) is 3.31. The Bertz CT molecular complexity index is 492. The topological polar surface area (TPSA) is 45.2 Å². The monoisotopic (exact) mass is 273 g/mol. The minimum atomic E-state index is 0.0352. The lowest BCUT2D eigenvalue weighted by atomic mass is 10.1. The Balaban J connectivity index is 1.83. The first-order chi connectivity index (χ1) is 9.66. The number of carbonyl (C=O) groups is 1. The second kappa shape index (κ2) is 5.52. The molecule has 108 valence electrons. The predicted molar refractivity (Wildman–Crippen MR) is 79.4 cm³/mol. The Kier molecular flexibility index (Phi) is 3.74. The van der Waals surface area contributed by atoms with Crippen LogP contribution in [0.5, 0.6) is 0 Å². The largest absolute Gasteiger partial charge is 0.310 e. The third-order valence-corrected chi connectivity index (χ3v) is 3.94. The molecule has 2 aliphatic carbocycles. The number of carbonyl (C=O) groups excluding carboxylic acids is 1. The van der Waals surface area contributed by atoms with E-state index in [2.05, 4.69) is 10.3 Å². The second-order valence-electron chi connectivity index (χ2n) is 6.25. The third-order valence-electron chi connectivity index (χ3n) is 3.94. The van der Waals surface area contributed by atoms with Crippen molar-refractivity contribution in [3.63, 3.8) is 0 Å². The SMILES string of the molecule is CC(C)C(=O)N(c1ccncc1CNC1CC1)C1CC1. The van der Waals surface area contributed by atoms with Crippen LogP contribution in [-0.2, 0) is 11.3 Å². The molecule has 2 fully saturated rings. The van der Waals surface area contributed by atoms with E-state index in [-0.39, 0.29) is 11.8 Å². The number of hydrogen-bond acceptors (Lipinski definition) is 3. The number of aromatic nitrogens is 1. The molecule has 3 rings (SSSR count). The molecule has 0 unspecified atom stereocenters. The molecular weight excluding hydrogens is 250 g/mol. The molecule has 0 aliphatic heterocycles. The molecule has 4 nitrogen and oxygen atoms in total. The number of amides is 1. The van der Waals surface area contributed by atoms with Crippen LogP contribution in [0.2, 0.25) is 0 Å². The molecule has 1 amide bonds. The minimum Gasteiger partial charge on any atom is -0.310 e. The highest BCUT2D eigenvalue weighted by Crippen LogP contribution is 2.34. The molecule has 0 radical (unpaired) electrons. The Morgan fingerprint density at radius 3 is 2.75 bits per heavy atom. The highest BCUT2D eigenvalue weighted by atomic mass is 16.2. The minimum absolute atomic E-state index is 0.0352. The molecule has 1 N–H and O–H groups in total. The normalized spacial score (nSPS) is 18.4. The number of nitrogens with one attached hydrogen (secondary N) is 1. The fourth-order valence-electron chi connectivity index (χ4n) is 2.44. The smallest absolute Gasteiger partial charge is 0.229 e. The van der Waals surface area contributed by atoms with Gasteiger partial charge in [-0.1, -0.05) is 13.8 Å². The zero-order chi connectivity index (χ0) is 14.1. The zero-order valence-corrected chi connectivity index (χ0v) is 12.3. The Hall–Kier alpha value is -1.42. The van der Waals surface area contributed by atoms with Crippen molar-refractivity contribution in [3.8, 4) is 0 Å². The molecular formula is C16H23N3O. The van der Waals surface area contributed by atoms with Crippen molar-refractivity contribution < 1.29 is 4.79 Å². The Morgan fingerprint density at radius 1 is 1.40 bits per heavy atom. The van der Waals surface area contributed by atoms with Crippen LogP contribution in [0.25, 0.3) is 0 Å². The maximum Gasteiger partial charge on any atom is 0.229 e. The maximum atomic E-state index is 12.5. The average molecular weight is 273 g/mol. The highest BCUT2D eigenvalue weighted by molar-refractivity contribution is 5.96. The van der Waals surface area contributed by atoms with Crippen molar-refractivity contribution in [1.29, 1.82) is 0 Å². The van der Waals surface area contributed by atoms with Crippen molar-refractivity contribution in [3.05, 3.63) is 24.0 Å². The third kappa shape index (κ3) is 3.01. The van der Waals surface area contributed by atoms with Gasteiger partial charge in [0.05, 0.1) is 5.69 Å². The second-order valence-corrected chi connectivity index (χ2v) is 6.25. The van der Waals surface area contributed by atoms with E-state index in [0.29, 0.717) is 12.1 Å². The van der Waals surface area contributed by atoms with Gasteiger partial charge in [-0.05, 0) is 31.7 Å². The summed E-state index contributed by atoms with van der Waals surface area (Å²) in [5.74, 6) is 0.263. The number of hydrogen-bond donors (Lipinski definition) is 1. The fraction of sp³-hybridized carbons (Fsp3) is 0.625. The van der Waals surface area contributed by atoms with E-state index < -0.39 is 0 Å². The van der Waals surface area contributed by atoms with Gasteiger partial charge in [-0.3, -0.25) is 9.78 Å². The number of nitrogens with zero attached hydrogens (tertiary/aromatic N) is 2. The van der Waals surface area contributed by atoms with Crippen LogP contribution in [0.3, 0.4) is 0 Å².